The molecule has 0 atom stereocenters. The number of benzene rings is 2. The minimum atomic E-state index is -0.431. The number of aryl methyl sites for hydroxylation is 1. The van der Waals surface area contributed by atoms with Gasteiger partial charge in [0.05, 0.1) is 25.0 Å². The van der Waals surface area contributed by atoms with Gasteiger partial charge in [0.25, 0.3) is 5.56 Å². The molecule has 0 saturated heterocycles. The standard InChI is InChI=1S/C26H23N7O2/c1-31-23-22(24(34)33(26(31)35)18-20-12-6-3-7-13-20)32(17-19-10-4-2-5-11-19)25(29-23)30-28-16-21-14-8-9-15-27-21/h2-16H,17-18H2,1H3,(H,29,30). The normalized spacial score (nSPS) is 11.3. The quantitative estimate of drug-likeness (QED) is 0.294. The summed E-state index contributed by atoms with van der Waals surface area (Å²) >= 11 is 0. The lowest BCUT2D eigenvalue weighted by Crippen LogP contribution is -2.40. The molecule has 0 aliphatic rings. The van der Waals surface area contributed by atoms with Gasteiger partial charge in [-0.1, -0.05) is 66.7 Å². The number of rotatable bonds is 7. The molecule has 0 saturated carbocycles. The molecule has 35 heavy (non-hydrogen) atoms. The maximum atomic E-state index is 13.6. The predicted molar refractivity (Wildman–Crippen MR) is 136 cm³/mol. The lowest BCUT2D eigenvalue weighted by atomic mass is 10.2. The lowest BCUT2D eigenvalue weighted by Gasteiger charge is -2.11. The van der Waals surface area contributed by atoms with Crippen molar-refractivity contribution in [3.05, 3.63) is 123 Å². The van der Waals surface area contributed by atoms with Crippen molar-refractivity contribution in [2.24, 2.45) is 12.1 Å². The molecule has 0 spiro atoms. The summed E-state index contributed by atoms with van der Waals surface area (Å²) in [7, 11) is 1.62. The summed E-state index contributed by atoms with van der Waals surface area (Å²) < 4.78 is 4.39. The Labute approximate surface area is 200 Å². The van der Waals surface area contributed by atoms with Crippen molar-refractivity contribution in [2.45, 2.75) is 13.1 Å². The topological polar surface area (TPSA) is 99.1 Å². The number of hydrazone groups is 1. The third-order valence-electron chi connectivity index (χ3n) is 5.65. The summed E-state index contributed by atoms with van der Waals surface area (Å²) in [5.74, 6) is 0.348. The van der Waals surface area contributed by atoms with Crippen LogP contribution in [0, 0.1) is 0 Å². The lowest BCUT2D eigenvalue weighted by molar-refractivity contribution is 0.653. The maximum absolute atomic E-state index is 13.6. The smallest absolute Gasteiger partial charge is 0.298 e. The molecule has 9 nitrogen and oxygen atoms in total. The van der Waals surface area contributed by atoms with Gasteiger partial charge < -0.3 is 0 Å². The number of hydrogen-bond acceptors (Lipinski definition) is 6. The second-order valence-corrected chi connectivity index (χ2v) is 8.02. The van der Waals surface area contributed by atoms with Crippen LogP contribution < -0.4 is 16.7 Å². The summed E-state index contributed by atoms with van der Waals surface area (Å²) in [5, 5.41) is 4.26. The Kier molecular flexibility index (Phi) is 6.04. The van der Waals surface area contributed by atoms with E-state index in [1.807, 2.05) is 78.9 Å². The molecule has 9 heteroatoms. The third kappa shape index (κ3) is 4.51. The first kappa shape index (κ1) is 22.0. The van der Waals surface area contributed by atoms with Gasteiger partial charge in [0, 0.05) is 13.2 Å². The molecule has 0 aliphatic heterocycles. The van der Waals surface area contributed by atoms with Crippen LogP contribution in [0.3, 0.4) is 0 Å². The Hall–Kier alpha value is -4.79. The number of nitrogens with zero attached hydrogens (tertiary/aromatic N) is 6. The molecule has 0 amide bonds. The summed E-state index contributed by atoms with van der Waals surface area (Å²) in [5.41, 5.74) is 5.21. The zero-order valence-electron chi connectivity index (χ0n) is 19.1. The fourth-order valence-electron chi connectivity index (χ4n) is 3.89. The number of imidazole rings is 1. The van der Waals surface area contributed by atoms with E-state index < -0.39 is 11.2 Å². The molecule has 3 aromatic heterocycles. The van der Waals surface area contributed by atoms with Crippen molar-refractivity contribution in [1.29, 1.82) is 0 Å². The van der Waals surface area contributed by atoms with E-state index in [2.05, 4.69) is 20.5 Å². The largest absolute Gasteiger partial charge is 0.332 e. The summed E-state index contributed by atoms with van der Waals surface area (Å²) in [6.45, 7) is 0.539. The fourth-order valence-corrected chi connectivity index (χ4v) is 3.89. The molecule has 0 unspecified atom stereocenters. The van der Waals surface area contributed by atoms with E-state index in [1.54, 1.807) is 24.0 Å². The van der Waals surface area contributed by atoms with E-state index in [-0.39, 0.29) is 12.2 Å². The highest BCUT2D eigenvalue weighted by Crippen LogP contribution is 2.18. The minimum absolute atomic E-state index is 0.166. The van der Waals surface area contributed by atoms with Gasteiger partial charge in [-0.3, -0.25) is 23.5 Å². The number of hydrogen-bond donors (Lipinski definition) is 1. The molecular formula is C26H23N7O2. The van der Waals surface area contributed by atoms with E-state index in [9.17, 15) is 9.59 Å². The van der Waals surface area contributed by atoms with Crippen LogP contribution in [0.4, 0.5) is 5.95 Å². The number of aromatic nitrogens is 5. The van der Waals surface area contributed by atoms with Crippen LogP contribution in [0.1, 0.15) is 16.8 Å². The number of nitrogens with one attached hydrogen (secondary N) is 1. The second-order valence-electron chi connectivity index (χ2n) is 8.02. The molecule has 5 aromatic rings. The van der Waals surface area contributed by atoms with Crippen molar-refractivity contribution in [3.8, 4) is 0 Å². The van der Waals surface area contributed by atoms with E-state index in [1.165, 1.54) is 9.13 Å². The third-order valence-corrected chi connectivity index (χ3v) is 5.65. The SMILES string of the molecule is Cn1c(=O)n(Cc2ccccc2)c(=O)c2c1nc(NN=Cc1ccccn1)n2Cc1ccccc1. The van der Waals surface area contributed by atoms with Gasteiger partial charge in [-0.2, -0.15) is 10.1 Å². The van der Waals surface area contributed by atoms with Gasteiger partial charge in [0.2, 0.25) is 5.95 Å². The molecule has 0 fully saturated rings. The maximum Gasteiger partial charge on any atom is 0.332 e. The molecule has 5 rings (SSSR count). The van der Waals surface area contributed by atoms with Crippen molar-refractivity contribution in [1.82, 2.24) is 23.7 Å². The molecule has 0 radical (unpaired) electrons. The summed E-state index contributed by atoms with van der Waals surface area (Å²) in [4.78, 5) is 35.5. The molecule has 0 aliphatic carbocycles. The van der Waals surface area contributed by atoms with Gasteiger partial charge in [-0.25, -0.2) is 10.2 Å². The molecule has 1 N–H and O–H groups in total. The van der Waals surface area contributed by atoms with Crippen LogP contribution in [0.2, 0.25) is 0 Å². The molecule has 3 heterocycles. The zero-order valence-corrected chi connectivity index (χ0v) is 19.1. The van der Waals surface area contributed by atoms with E-state index in [0.29, 0.717) is 23.7 Å². The van der Waals surface area contributed by atoms with E-state index in [4.69, 9.17) is 0 Å². The Morgan fingerprint density at radius 2 is 1.49 bits per heavy atom. The average molecular weight is 466 g/mol. The first-order valence-corrected chi connectivity index (χ1v) is 11.1. The van der Waals surface area contributed by atoms with Crippen LogP contribution in [0.5, 0.6) is 0 Å². The first-order chi connectivity index (χ1) is 17.1. The predicted octanol–water partition coefficient (Wildman–Crippen LogP) is 2.83. The molecule has 2 aromatic carbocycles. The number of anilines is 1. The monoisotopic (exact) mass is 465 g/mol. The van der Waals surface area contributed by atoms with Gasteiger partial charge >= 0.3 is 5.69 Å². The molecule has 174 valence electrons. The minimum Gasteiger partial charge on any atom is -0.298 e. The van der Waals surface area contributed by atoms with E-state index in [0.717, 1.165) is 11.1 Å². The molecular weight excluding hydrogens is 442 g/mol. The highest BCUT2D eigenvalue weighted by atomic mass is 16.2. The highest BCUT2D eigenvalue weighted by Gasteiger charge is 2.20. The average Bonchev–Trinajstić information content (AvgIpc) is 3.25. The van der Waals surface area contributed by atoms with Crippen molar-refractivity contribution in [3.63, 3.8) is 0 Å². The Bertz CT molecular complexity index is 1600. The van der Waals surface area contributed by atoms with Gasteiger partial charge in [-0.15, -0.1) is 0 Å². The van der Waals surface area contributed by atoms with Gasteiger partial charge in [-0.05, 0) is 23.3 Å². The van der Waals surface area contributed by atoms with Crippen LogP contribution in [0.15, 0.2) is 99.8 Å². The van der Waals surface area contributed by atoms with Gasteiger partial charge in [0.1, 0.15) is 0 Å². The van der Waals surface area contributed by atoms with Crippen LogP contribution in [-0.2, 0) is 20.1 Å². The summed E-state index contributed by atoms with van der Waals surface area (Å²) in [6, 6.07) is 24.7. The van der Waals surface area contributed by atoms with Crippen molar-refractivity contribution in [2.75, 3.05) is 5.43 Å². The Morgan fingerprint density at radius 1 is 0.857 bits per heavy atom. The van der Waals surface area contributed by atoms with Crippen LogP contribution in [0.25, 0.3) is 11.2 Å². The highest BCUT2D eigenvalue weighted by molar-refractivity contribution is 5.78. The number of pyridine rings is 1. The van der Waals surface area contributed by atoms with E-state index >= 15 is 0 Å². The van der Waals surface area contributed by atoms with Crippen molar-refractivity contribution < 1.29 is 0 Å². The van der Waals surface area contributed by atoms with Gasteiger partial charge in [0.15, 0.2) is 11.2 Å². The molecule has 0 bridgehead atoms. The summed E-state index contributed by atoms with van der Waals surface area (Å²) in [6.07, 6.45) is 3.25. The Balaban J connectivity index is 1.64. The van der Waals surface area contributed by atoms with Crippen LogP contribution in [-0.4, -0.2) is 29.9 Å². The first-order valence-electron chi connectivity index (χ1n) is 11.1. The fraction of sp³-hybridized carbons (Fsp3) is 0.115. The second kappa shape index (κ2) is 9.60. The van der Waals surface area contributed by atoms with Crippen LogP contribution >= 0.6 is 0 Å². The number of fused-ring (bicyclic) bond motifs is 1. The Morgan fingerprint density at radius 3 is 2.11 bits per heavy atom. The van der Waals surface area contributed by atoms with Crippen molar-refractivity contribution >= 4 is 23.3 Å². The zero-order chi connectivity index (χ0) is 24.2.